The molecule has 0 saturated carbocycles. The molecule has 8 heteroatoms. The highest BCUT2D eigenvalue weighted by Gasteiger charge is 2.23. The lowest BCUT2D eigenvalue weighted by Gasteiger charge is -2.18. The molecule has 0 aliphatic heterocycles. The number of hydrogen-bond acceptors (Lipinski definition) is 5. The highest BCUT2D eigenvalue weighted by molar-refractivity contribution is 7.98. The molecule has 24 heavy (non-hydrogen) atoms. The van der Waals surface area contributed by atoms with E-state index in [1.165, 1.54) is 18.7 Å². The number of hydrogen-bond donors (Lipinski definition) is 3. The van der Waals surface area contributed by atoms with Gasteiger partial charge in [-0.05, 0) is 30.9 Å². The van der Waals surface area contributed by atoms with Crippen molar-refractivity contribution in [1.29, 1.82) is 0 Å². The summed E-state index contributed by atoms with van der Waals surface area (Å²) in [6.07, 6.45) is 1.43. The van der Waals surface area contributed by atoms with Crippen LogP contribution in [-0.2, 0) is 20.9 Å². The molecule has 2 amide bonds. The maximum atomic E-state index is 12.0. The Labute approximate surface area is 145 Å². The molecule has 2 atom stereocenters. The van der Waals surface area contributed by atoms with Crippen molar-refractivity contribution in [2.24, 2.45) is 0 Å². The second-order valence-corrected chi connectivity index (χ2v) is 6.09. The van der Waals surface area contributed by atoms with Crippen molar-refractivity contribution in [2.45, 2.75) is 32.0 Å². The monoisotopic (exact) mass is 354 g/mol. The summed E-state index contributed by atoms with van der Waals surface area (Å²) in [4.78, 5) is 34.8. The molecule has 0 bridgehead atoms. The summed E-state index contributed by atoms with van der Waals surface area (Å²) >= 11 is 1.49. The van der Waals surface area contributed by atoms with E-state index in [1.54, 1.807) is 0 Å². The summed E-state index contributed by atoms with van der Waals surface area (Å²) in [5.74, 6) is -1.06. The second kappa shape index (κ2) is 10.5. The Kier molecular flexibility index (Phi) is 8.70. The van der Waals surface area contributed by atoms with E-state index in [-0.39, 0.29) is 6.61 Å². The van der Waals surface area contributed by atoms with Crippen molar-refractivity contribution in [3.8, 4) is 0 Å². The van der Waals surface area contributed by atoms with E-state index in [9.17, 15) is 14.4 Å². The van der Waals surface area contributed by atoms with Gasteiger partial charge in [0, 0.05) is 0 Å². The van der Waals surface area contributed by atoms with Gasteiger partial charge in [-0.25, -0.2) is 9.59 Å². The van der Waals surface area contributed by atoms with Gasteiger partial charge in [-0.15, -0.1) is 0 Å². The fourth-order valence-corrected chi connectivity index (χ4v) is 2.27. The van der Waals surface area contributed by atoms with Crippen LogP contribution in [0.3, 0.4) is 0 Å². The average Bonchev–Trinajstić information content (AvgIpc) is 2.57. The van der Waals surface area contributed by atoms with Crippen LogP contribution in [0.1, 0.15) is 18.9 Å². The minimum absolute atomic E-state index is 0.0898. The second-order valence-electron chi connectivity index (χ2n) is 5.11. The Balaban J connectivity index is 2.41. The average molecular weight is 354 g/mol. The van der Waals surface area contributed by atoms with Crippen LogP contribution in [0.5, 0.6) is 0 Å². The van der Waals surface area contributed by atoms with Crippen LogP contribution in [0, 0.1) is 0 Å². The first-order valence-electron chi connectivity index (χ1n) is 7.43. The largest absolute Gasteiger partial charge is 0.480 e. The lowest BCUT2D eigenvalue weighted by atomic mass is 10.2. The van der Waals surface area contributed by atoms with Gasteiger partial charge < -0.3 is 20.5 Å². The molecule has 0 saturated heterocycles. The summed E-state index contributed by atoms with van der Waals surface area (Å²) in [7, 11) is 0. The Morgan fingerprint density at radius 2 is 1.88 bits per heavy atom. The van der Waals surface area contributed by atoms with Crippen molar-refractivity contribution in [3.63, 3.8) is 0 Å². The van der Waals surface area contributed by atoms with Crippen LogP contribution in [0.15, 0.2) is 30.3 Å². The topological polar surface area (TPSA) is 105 Å². The van der Waals surface area contributed by atoms with Crippen molar-refractivity contribution >= 4 is 29.7 Å². The molecular formula is C16H22N2O5S. The van der Waals surface area contributed by atoms with Crippen LogP contribution < -0.4 is 10.6 Å². The molecule has 0 spiro atoms. The molecule has 1 aromatic carbocycles. The number of rotatable bonds is 9. The summed E-state index contributed by atoms with van der Waals surface area (Å²) in [6, 6.07) is 7.25. The molecule has 1 aromatic rings. The van der Waals surface area contributed by atoms with Crippen molar-refractivity contribution in [3.05, 3.63) is 35.9 Å². The maximum Gasteiger partial charge on any atom is 0.408 e. The molecule has 3 N–H and O–H groups in total. The Hall–Kier alpha value is -2.22. The third-order valence-electron chi connectivity index (χ3n) is 3.17. The lowest BCUT2D eigenvalue weighted by Crippen LogP contribution is -2.50. The first kappa shape index (κ1) is 19.8. The number of alkyl carbamates (subject to hydrolysis) is 1. The van der Waals surface area contributed by atoms with Crippen molar-refractivity contribution in [2.75, 3.05) is 12.0 Å². The molecule has 0 aromatic heterocycles. The quantitative estimate of drug-likeness (QED) is 0.622. The summed E-state index contributed by atoms with van der Waals surface area (Å²) in [6.45, 7) is 1.55. The van der Waals surface area contributed by atoms with E-state index in [4.69, 9.17) is 9.84 Å². The van der Waals surface area contributed by atoms with Gasteiger partial charge in [-0.3, -0.25) is 4.79 Å². The van der Waals surface area contributed by atoms with Gasteiger partial charge in [0.05, 0.1) is 0 Å². The number of carboxylic acid groups (broad SMARTS) is 1. The smallest absolute Gasteiger partial charge is 0.408 e. The number of carbonyl (C=O) groups excluding carboxylic acids is 2. The minimum atomic E-state index is -1.10. The van der Waals surface area contributed by atoms with Gasteiger partial charge in [-0.2, -0.15) is 11.8 Å². The normalized spacial score (nSPS) is 12.8. The zero-order valence-corrected chi connectivity index (χ0v) is 14.5. The lowest BCUT2D eigenvalue weighted by molar-refractivity contribution is -0.142. The molecule has 0 radical (unpaired) electrons. The van der Waals surface area contributed by atoms with E-state index in [0.717, 1.165) is 5.56 Å². The SMILES string of the molecule is CSCC[C@H](NC(=O)[C@@H](C)NC(=O)OCc1ccccc1)C(=O)O. The van der Waals surface area contributed by atoms with Crippen LogP contribution in [0.4, 0.5) is 4.79 Å². The molecule has 0 heterocycles. The zero-order chi connectivity index (χ0) is 17.9. The Bertz CT molecular complexity index is 553. The summed E-state index contributed by atoms with van der Waals surface area (Å²) in [5.41, 5.74) is 0.827. The predicted molar refractivity (Wildman–Crippen MR) is 91.8 cm³/mol. The van der Waals surface area contributed by atoms with E-state index < -0.39 is 30.1 Å². The molecule has 1 rings (SSSR count). The number of benzene rings is 1. The molecular weight excluding hydrogens is 332 g/mol. The molecule has 0 fully saturated rings. The van der Waals surface area contributed by atoms with Crippen LogP contribution in [0.25, 0.3) is 0 Å². The van der Waals surface area contributed by atoms with Crippen molar-refractivity contribution < 1.29 is 24.2 Å². The number of nitrogens with one attached hydrogen (secondary N) is 2. The third kappa shape index (κ3) is 7.36. The first-order chi connectivity index (χ1) is 11.4. The standard InChI is InChI=1S/C16H22N2O5S/c1-11(14(19)18-13(15(20)21)8-9-24-2)17-16(22)23-10-12-6-4-3-5-7-12/h3-7,11,13H,8-10H2,1-2H3,(H,17,22)(H,18,19)(H,20,21)/t11-,13+/m1/s1. The van der Waals surface area contributed by atoms with Gasteiger partial charge in [-0.1, -0.05) is 30.3 Å². The summed E-state index contributed by atoms with van der Waals surface area (Å²) < 4.78 is 5.02. The minimum Gasteiger partial charge on any atom is -0.480 e. The maximum absolute atomic E-state index is 12.0. The fourth-order valence-electron chi connectivity index (χ4n) is 1.80. The first-order valence-corrected chi connectivity index (χ1v) is 8.82. The highest BCUT2D eigenvalue weighted by atomic mass is 32.2. The van der Waals surface area contributed by atoms with E-state index in [1.807, 2.05) is 36.6 Å². The van der Waals surface area contributed by atoms with Crippen LogP contribution in [0.2, 0.25) is 0 Å². The van der Waals surface area contributed by atoms with Gasteiger partial charge in [0.2, 0.25) is 5.91 Å². The summed E-state index contributed by atoms with van der Waals surface area (Å²) in [5, 5.41) is 13.9. The molecule has 0 aliphatic rings. The van der Waals surface area contributed by atoms with Gasteiger partial charge in [0.15, 0.2) is 0 Å². The van der Waals surface area contributed by atoms with Gasteiger partial charge in [0.1, 0.15) is 18.7 Å². The highest BCUT2D eigenvalue weighted by Crippen LogP contribution is 2.03. The van der Waals surface area contributed by atoms with E-state index in [0.29, 0.717) is 12.2 Å². The van der Waals surface area contributed by atoms with E-state index >= 15 is 0 Å². The Morgan fingerprint density at radius 1 is 1.21 bits per heavy atom. The number of carboxylic acids is 1. The molecule has 0 aliphatic carbocycles. The number of ether oxygens (including phenoxy) is 1. The zero-order valence-electron chi connectivity index (χ0n) is 13.7. The number of aliphatic carboxylic acids is 1. The number of amides is 2. The van der Waals surface area contributed by atoms with Crippen LogP contribution in [-0.4, -0.2) is 47.2 Å². The van der Waals surface area contributed by atoms with Crippen molar-refractivity contribution in [1.82, 2.24) is 10.6 Å². The van der Waals surface area contributed by atoms with Crippen LogP contribution >= 0.6 is 11.8 Å². The number of thioether (sulfide) groups is 1. The predicted octanol–water partition coefficient (Wildman–Crippen LogP) is 1.62. The Morgan fingerprint density at radius 3 is 2.46 bits per heavy atom. The number of carbonyl (C=O) groups is 3. The van der Waals surface area contributed by atoms with E-state index in [2.05, 4.69) is 10.6 Å². The van der Waals surface area contributed by atoms with Gasteiger partial charge >= 0.3 is 12.1 Å². The molecule has 132 valence electrons. The van der Waals surface area contributed by atoms with Gasteiger partial charge in [0.25, 0.3) is 0 Å². The molecule has 0 unspecified atom stereocenters. The fraction of sp³-hybridized carbons (Fsp3) is 0.438. The third-order valence-corrected chi connectivity index (χ3v) is 3.81. The molecule has 7 nitrogen and oxygen atoms in total.